The van der Waals surface area contributed by atoms with Crippen molar-refractivity contribution in [2.45, 2.75) is 12.3 Å². The first-order valence-electron chi connectivity index (χ1n) is 6.71. The number of nitrogens with two attached hydrogens (primary N) is 1. The molecular weight excluding hydrogens is 232 g/mol. The quantitative estimate of drug-likeness (QED) is 0.729. The first kappa shape index (κ1) is 12.0. The number of hydrogen-bond acceptors (Lipinski definition) is 1. The molecule has 0 saturated heterocycles. The van der Waals surface area contributed by atoms with Gasteiger partial charge in [0, 0.05) is 23.0 Å². The number of fused-ring (bicyclic) bond motifs is 1. The van der Waals surface area contributed by atoms with Gasteiger partial charge in [0.2, 0.25) is 0 Å². The highest BCUT2D eigenvalue weighted by atomic mass is 14.7. The molecule has 1 heterocycles. The number of nitrogens with one attached hydrogen (secondary N) is 1. The molecule has 0 unspecified atom stereocenters. The Kier molecular flexibility index (Phi) is 3.34. The molecule has 0 fully saturated rings. The molecule has 0 aliphatic heterocycles. The van der Waals surface area contributed by atoms with Crippen molar-refractivity contribution in [3.63, 3.8) is 0 Å². The van der Waals surface area contributed by atoms with Crippen molar-refractivity contribution in [2.75, 3.05) is 6.54 Å². The average molecular weight is 250 g/mol. The van der Waals surface area contributed by atoms with E-state index in [1.165, 1.54) is 22.0 Å². The molecule has 1 aromatic heterocycles. The Morgan fingerprint density at radius 2 is 1.68 bits per heavy atom. The molecule has 0 saturated carbocycles. The van der Waals surface area contributed by atoms with Gasteiger partial charge in [-0.05, 0) is 30.2 Å². The van der Waals surface area contributed by atoms with Crippen molar-refractivity contribution >= 4 is 10.9 Å². The van der Waals surface area contributed by atoms with Crippen LogP contribution >= 0.6 is 0 Å². The van der Waals surface area contributed by atoms with Crippen LogP contribution in [0.15, 0.2) is 60.8 Å². The van der Waals surface area contributed by atoms with Gasteiger partial charge in [0.25, 0.3) is 0 Å². The largest absolute Gasteiger partial charge is 0.361 e. The predicted octanol–water partition coefficient (Wildman–Crippen LogP) is 3.65. The Morgan fingerprint density at radius 3 is 2.47 bits per heavy atom. The molecule has 3 aromatic rings. The van der Waals surface area contributed by atoms with E-state index < -0.39 is 0 Å². The van der Waals surface area contributed by atoms with Gasteiger partial charge in [-0.15, -0.1) is 0 Å². The molecule has 2 aromatic carbocycles. The first-order valence-corrected chi connectivity index (χ1v) is 6.71. The fraction of sp³-hybridized carbons (Fsp3) is 0.176. The van der Waals surface area contributed by atoms with Gasteiger partial charge < -0.3 is 10.7 Å². The minimum Gasteiger partial charge on any atom is -0.361 e. The van der Waals surface area contributed by atoms with E-state index >= 15 is 0 Å². The van der Waals surface area contributed by atoms with Crippen LogP contribution in [-0.2, 0) is 0 Å². The average Bonchev–Trinajstić information content (AvgIpc) is 2.89. The van der Waals surface area contributed by atoms with Crippen molar-refractivity contribution in [1.29, 1.82) is 0 Å². The van der Waals surface area contributed by atoms with Crippen LogP contribution in [0.3, 0.4) is 0 Å². The van der Waals surface area contributed by atoms with Crippen LogP contribution in [0, 0.1) is 0 Å². The lowest BCUT2D eigenvalue weighted by Gasteiger charge is -2.16. The summed E-state index contributed by atoms with van der Waals surface area (Å²) in [6, 6.07) is 19.0. The molecule has 3 rings (SSSR count). The summed E-state index contributed by atoms with van der Waals surface area (Å²) in [4.78, 5) is 3.36. The maximum absolute atomic E-state index is 5.81. The van der Waals surface area contributed by atoms with E-state index in [0.717, 1.165) is 6.42 Å². The Hall–Kier alpha value is -2.06. The highest BCUT2D eigenvalue weighted by Crippen LogP contribution is 2.32. The van der Waals surface area contributed by atoms with Gasteiger partial charge in [0.1, 0.15) is 0 Å². The number of hydrogen-bond donors (Lipinski definition) is 2. The highest BCUT2D eigenvalue weighted by Gasteiger charge is 2.16. The van der Waals surface area contributed by atoms with Crippen molar-refractivity contribution in [1.82, 2.24) is 4.98 Å². The zero-order valence-electron chi connectivity index (χ0n) is 10.8. The first-order chi connectivity index (χ1) is 9.40. The number of rotatable bonds is 4. The minimum absolute atomic E-state index is 0.363. The van der Waals surface area contributed by atoms with Gasteiger partial charge in [-0.1, -0.05) is 48.5 Å². The van der Waals surface area contributed by atoms with E-state index in [9.17, 15) is 0 Å². The second-order valence-electron chi connectivity index (χ2n) is 4.83. The number of aromatic nitrogens is 1. The lowest BCUT2D eigenvalue weighted by molar-refractivity contribution is 0.731. The molecular formula is C17H18N2. The van der Waals surface area contributed by atoms with Crippen molar-refractivity contribution in [3.8, 4) is 0 Å². The summed E-state index contributed by atoms with van der Waals surface area (Å²) in [5.41, 5.74) is 9.67. The molecule has 3 N–H and O–H groups in total. The van der Waals surface area contributed by atoms with Gasteiger partial charge >= 0.3 is 0 Å². The summed E-state index contributed by atoms with van der Waals surface area (Å²) < 4.78 is 0. The van der Waals surface area contributed by atoms with E-state index in [1.54, 1.807) is 0 Å². The molecule has 0 bridgehead atoms. The lowest BCUT2D eigenvalue weighted by atomic mass is 9.88. The Balaban J connectivity index is 2.10. The zero-order chi connectivity index (χ0) is 13.1. The monoisotopic (exact) mass is 250 g/mol. The lowest BCUT2D eigenvalue weighted by Crippen LogP contribution is -2.08. The highest BCUT2D eigenvalue weighted by molar-refractivity contribution is 5.84. The van der Waals surface area contributed by atoms with E-state index in [0.29, 0.717) is 12.5 Å². The molecule has 2 nitrogen and oxygen atoms in total. The molecule has 19 heavy (non-hydrogen) atoms. The maximum Gasteiger partial charge on any atom is 0.0457 e. The van der Waals surface area contributed by atoms with Gasteiger partial charge in [0.15, 0.2) is 0 Å². The van der Waals surface area contributed by atoms with Crippen LogP contribution in [-0.4, -0.2) is 11.5 Å². The summed E-state index contributed by atoms with van der Waals surface area (Å²) in [5.74, 6) is 0.363. The molecule has 96 valence electrons. The van der Waals surface area contributed by atoms with Crippen LogP contribution in [0.25, 0.3) is 10.9 Å². The molecule has 0 aliphatic carbocycles. The second kappa shape index (κ2) is 5.29. The molecule has 2 heteroatoms. The molecule has 0 aliphatic rings. The van der Waals surface area contributed by atoms with Crippen molar-refractivity contribution in [2.24, 2.45) is 5.73 Å². The van der Waals surface area contributed by atoms with Gasteiger partial charge in [-0.2, -0.15) is 0 Å². The molecule has 0 amide bonds. The van der Waals surface area contributed by atoms with Crippen LogP contribution in [0.5, 0.6) is 0 Å². The SMILES string of the molecule is NCC[C@@H](c1ccccc1)c1c[nH]c2ccccc12. The molecule has 1 atom stereocenters. The van der Waals surface area contributed by atoms with Gasteiger partial charge in [0.05, 0.1) is 0 Å². The Bertz CT molecular complexity index is 655. The molecule has 0 spiro atoms. The summed E-state index contributed by atoms with van der Waals surface area (Å²) in [6.45, 7) is 0.694. The second-order valence-corrected chi connectivity index (χ2v) is 4.83. The smallest absolute Gasteiger partial charge is 0.0457 e. The Labute approximate surface area is 113 Å². The van der Waals surface area contributed by atoms with Crippen LogP contribution in [0.2, 0.25) is 0 Å². The fourth-order valence-electron chi connectivity index (χ4n) is 2.74. The number of para-hydroxylation sites is 1. The van der Waals surface area contributed by atoms with Crippen molar-refractivity contribution in [3.05, 3.63) is 71.9 Å². The summed E-state index contributed by atoms with van der Waals surface area (Å²) in [6.07, 6.45) is 3.09. The van der Waals surface area contributed by atoms with Gasteiger partial charge in [-0.3, -0.25) is 0 Å². The van der Waals surface area contributed by atoms with E-state index in [1.807, 2.05) is 0 Å². The van der Waals surface area contributed by atoms with E-state index in [-0.39, 0.29) is 0 Å². The Morgan fingerprint density at radius 1 is 0.947 bits per heavy atom. The minimum atomic E-state index is 0.363. The van der Waals surface area contributed by atoms with Crippen LogP contribution in [0.4, 0.5) is 0 Å². The zero-order valence-corrected chi connectivity index (χ0v) is 10.8. The summed E-state index contributed by atoms with van der Waals surface area (Å²) in [7, 11) is 0. The third kappa shape index (κ3) is 2.27. The summed E-state index contributed by atoms with van der Waals surface area (Å²) in [5, 5.41) is 1.30. The number of benzene rings is 2. The van der Waals surface area contributed by atoms with Crippen LogP contribution in [0.1, 0.15) is 23.5 Å². The molecule has 0 radical (unpaired) electrons. The van der Waals surface area contributed by atoms with E-state index in [4.69, 9.17) is 5.73 Å². The third-order valence-electron chi connectivity index (χ3n) is 3.65. The topological polar surface area (TPSA) is 41.8 Å². The summed E-state index contributed by atoms with van der Waals surface area (Å²) >= 11 is 0. The standard InChI is InChI=1S/C17H18N2/c18-11-10-14(13-6-2-1-3-7-13)16-12-19-17-9-5-4-8-15(16)17/h1-9,12,14,19H,10-11,18H2/t14-/m0/s1. The van der Waals surface area contributed by atoms with E-state index in [2.05, 4.69) is 65.8 Å². The third-order valence-corrected chi connectivity index (χ3v) is 3.65. The maximum atomic E-state index is 5.81. The van der Waals surface area contributed by atoms with Gasteiger partial charge in [-0.25, -0.2) is 0 Å². The fourth-order valence-corrected chi connectivity index (χ4v) is 2.74. The normalized spacial score (nSPS) is 12.7. The van der Waals surface area contributed by atoms with Crippen LogP contribution < -0.4 is 5.73 Å². The van der Waals surface area contributed by atoms with Crippen molar-refractivity contribution < 1.29 is 0 Å². The predicted molar refractivity (Wildman–Crippen MR) is 80.3 cm³/mol. The number of aromatic amines is 1. The number of H-pyrrole nitrogens is 1.